The van der Waals surface area contributed by atoms with Crippen LogP contribution in [0.25, 0.3) is 16.9 Å². The maximum Gasteiger partial charge on any atom is 0.203 e. The Kier molecular flexibility index (Phi) is 4.09. The largest absolute Gasteiger partial charge is 0.493 e. The van der Waals surface area contributed by atoms with Crippen LogP contribution in [0.5, 0.6) is 17.2 Å². The van der Waals surface area contributed by atoms with Crippen LogP contribution in [0.4, 0.5) is 0 Å². The number of hydrogen-bond acceptors (Lipinski definition) is 6. The smallest absolute Gasteiger partial charge is 0.203 e. The molecule has 1 aromatic carbocycles. The van der Waals surface area contributed by atoms with E-state index in [-0.39, 0.29) is 0 Å². The SMILES string of the molecule is COc1cc(-n2nncc2-c2cccnc2)cc(OC)c1OC. The minimum Gasteiger partial charge on any atom is -0.493 e. The zero-order chi connectivity index (χ0) is 16.2. The molecule has 0 spiro atoms. The Morgan fingerprint density at radius 2 is 1.70 bits per heavy atom. The molecule has 0 unspecified atom stereocenters. The molecular weight excluding hydrogens is 296 g/mol. The molecule has 118 valence electrons. The first-order valence-electron chi connectivity index (χ1n) is 6.90. The summed E-state index contributed by atoms with van der Waals surface area (Å²) in [5, 5.41) is 8.16. The number of rotatable bonds is 5. The number of ether oxygens (including phenoxy) is 3. The van der Waals surface area contributed by atoms with E-state index in [1.807, 2.05) is 24.3 Å². The lowest BCUT2D eigenvalue weighted by molar-refractivity contribution is 0.324. The standard InChI is InChI=1S/C16H16N4O3/c1-21-14-7-12(8-15(22-2)16(14)23-3)20-13(10-18-19-20)11-5-4-6-17-9-11/h4-10H,1-3H3. The van der Waals surface area contributed by atoms with Crippen molar-refractivity contribution in [3.63, 3.8) is 0 Å². The highest BCUT2D eigenvalue weighted by molar-refractivity contribution is 5.63. The van der Waals surface area contributed by atoms with E-state index in [0.717, 1.165) is 16.9 Å². The van der Waals surface area contributed by atoms with Gasteiger partial charge < -0.3 is 14.2 Å². The number of methoxy groups -OCH3 is 3. The van der Waals surface area contributed by atoms with Gasteiger partial charge in [0.2, 0.25) is 5.75 Å². The molecule has 0 aliphatic heterocycles. The summed E-state index contributed by atoms with van der Waals surface area (Å²) in [5.41, 5.74) is 2.47. The summed E-state index contributed by atoms with van der Waals surface area (Å²) in [7, 11) is 4.71. The predicted octanol–water partition coefficient (Wildman–Crippen LogP) is 2.36. The maximum absolute atomic E-state index is 5.38. The Morgan fingerprint density at radius 3 is 2.26 bits per heavy atom. The second-order valence-electron chi connectivity index (χ2n) is 4.66. The molecular formula is C16H16N4O3. The van der Waals surface area contributed by atoms with Crippen molar-refractivity contribution in [3.05, 3.63) is 42.9 Å². The van der Waals surface area contributed by atoms with Crippen molar-refractivity contribution in [3.8, 4) is 34.2 Å². The minimum absolute atomic E-state index is 0.529. The Labute approximate surface area is 133 Å². The summed E-state index contributed by atoms with van der Waals surface area (Å²) >= 11 is 0. The molecule has 0 saturated heterocycles. The van der Waals surface area contributed by atoms with E-state index >= 15 is 0 Å². The first-order chi connectivity index (χ1) is 11.3. The molecule has 3 aromatic rings. The molecule has 7 nitrogen and oxygen atoms in total. The summed E-state index contributed by atoms with van der Waals surface area (Å²) < 4.78 is 17.8. The summed E-state index contributed by atoms with van der Waals surface area (Å²) in [5.74, 6) is 1.63. The van der Waals surface area contributed by atoms with Crippen LogP contribution in [0, 0.1) is 0 Å². The first-order valence-corrected chi connectivity index (χ1v) is 6.90. The van der Waals surface area contributed by atoms with Gasteiger partial charge in [-0.3, -0.25) is 4.98 Å². The van der Waals surface area contributed by atoms with Crippen molar-refractivity contribution in [1.82, 2.24) is 20.0 Å². The number of benzene rings is 1. The van der Waals surface area contributed by atoms with Gasteiger partial charge >= 0.3 is 0 Å². The van der Waals surface area contributed by atoms with E-state index in [2.05, 4.69) is 15.3 Å². The normalized spacial score (nSPS) is 10.4. The lowest BCUT2D eigenvalue weighted by Crippen LogP contribution is -2.02. The van der Waals surface area contributed by atoms with Crippen LogP contribution in [0.1, 0.15) is 0 Å². The zero-order valence-corrected chi connectivity index (χ0v) is 13.1. The van der Waals surface area contributed by atoms with Gasteiger partial charge in [-0.15, -0.1) is 5.10 Å². The van der Waals surface area contributed by atoms with E-state index < -0.39 is 0 Å². The molecule has 0 saturated carbocycles. The molecule has 0 aliphatic rings. The number of aromatic nitrogens is 4. The van der Waals surface area contributed by atoms with Crippen LogP contribution in [0.2, 0.25) is 0 Å². The highest BCUT2D eigenvalue weighted by Gasteiger charge is 2.16. The van der Waals surface area contributed by atoms with Crippen molar-refractivity contribution in [2.45, 2.75) is 0 Å². The molecule has 0 radical (unpaired) electrons. The fourth-order valence-corrected chi connectivity index (χ4v) is 2.33. The minimum atomic E-state index is 0.529. The van der Waals surface area contributed by atoms with Crippen molar-refractivity contribution < 1.29 is 14.2 Å². The van der Waals surface area contributed by atoms with Crippen LogP contribution in [0.15, 0.2) is 42.9 Å². The molecule has 3 rings (SSSR count). The second kappa shape index (κ2) is 6.35. The van der Waals surface area contributed by atoms with E-state index in [1.54, 1.807) is 44.6 Å². The van der Waals surface area contributed by atoms with Gasteiger partial charge in [-0.1, -0.05) is 5.21 Å². The van der Waals surface area contributed by atoms with E-state index in [1.165, 1.54) is 0 Å². The first kappa shape index (κ1) is 14.8. The van der Waals surface area contributed by atoms with Crippen LogP contribution in [-0.2, 0) is 0 Å². The lowest BCUT2D eigenvalue weighted by atomic mass is 10.2. The number of pyridine rings is 1. The van der Waals surface area contributed by atoms with Gasteiger partial charge in [0, 0.05) is 30.1 Å². The zero-order valence-electron chi connectivity index (χ0n) is 13.1. The molecule has 0 aliphatic carbocycles. The van der Waals surface area contributed by atoms with E-state index in [9.17, 15) is 0 Å². The van der Waals surface area contributed by atoms with Gasteiger partial charge in [0.05, 0.1) is 38.9 Å². The van der Waals surface area contributed by atoms with Crippen molar-refractivity contribution in [2.24, 2.45) is 0 Å². The van der Waals surface area contributed by atoms with Gasteiger partial charge in [0.1, 0.15) is 0 Å². The third kappa shape index (κ3) is 2.68. The molecule has 0 atom stereocenters. The number of nitrogens with zero attached hydrogens (tertiary/aromatic N) is 4. The Balaban J connectivity index is 2.15. The monoisotopic (exact) mass is 312 g/mol. The second-order valence-corrected chi connectivity index (χ2v) is 4.66. The average Bonchev–Trinajstić information content (AvgIpc) is 3.10. The van der Waals surface area contributed by atoms with Crippen LogP contribution >= 0.6 is 0 Å². The van der Waals surface area contributed by atoms with Crippen LogP contribution < -0.4 is 14.2 Å². The molecule has 23 heavy (non-hydrogen) atoms. The average molecular weight is 312 g/mol. The van der Waals surface area contributed by atoms with Gasteiger partial charge in [-0.2, -0.15) is 0 Å². The maximum atomic E-state index is 5.38. The Morgan fingerprint density at radius 1 is 0.957 bits per heavy atom. The third-order valence-electron chi connectivity index (χ3n) is 3.40. The summed E-state index contributed by atoms with van der Waals surface area (Å²) in [4.78, 5) is 4.13. The molecule has 2 heterocycles. The molecule has 7 heteroatoms. The van der Waals surface area contributed by atoms with E-state index in [0.29, 0.717) is 17.2 Å². The Hall–Kier alpha value is -3.09. The van der Waals surface area contributed by atoms with E-state index in [4.69, 9.17) is 14.2 Å². The number of hydrogen-bond donors (Lipinski definition) is 0. The molecule has 0 N–H and O–H groups in total. The summed E-state index contributed by atoms with van der Waals surface area (Å²) in [6, 6.07) is 7.44. The van der Waals surface area contributed by atoms with Crippen LogP contribution in [-0.4, -0.2) is 41.3 Å². The molecule has 2 aromatic heterocycles. The Bertz CT molecular complexity index is 777. The van der Waals surface area contributed by atoms with Crippen LogP contribution in [0.3, 0.4) is 0 Å². The highest BCUT2D eigenvalue weighted by Crippen LogP contribution is 2.39. The molecule has 0 amide bonds. The highest BCUT2D eigenvalue weighted by atomic mass is 16.5. The van der Waals surface area contributed by atoms with Crippen molar-refractivity contribution in [2.75, 3.05) is 21.3 Å². The van der Waals surface area contributed by atoms with Gasteiger partial charge in [-0.25, -0.2) is 4.68 Å². The van der Waals surface area contributed by atoms with Crippen molar-refractivity contribution >= 4 is 0 Å². The topological polar surface area (TPSA) is 71.3 Å². The van der Waals surface area contributed by atoms with Crippen molar-refractivity contribution in [1.29, 1.82) is 0 Å². The third-order valence-corrected chi connectivity index (χ3v) is 3.40. The molecule has 0 bridgehead atoms. The lowest BCUT2D eigenvalue weighted by Gasteiger charge is -2.14. The quantitative estimate of drug-likeness (QED) is 0.720. The molecule has 0 fully saturated rings. The van der Waals surface area contributed by atoms with Gasteiger partial charge in [0.15, 0.2) is 11.5 Å². The van der Waals surface area contributed by atoms with Gasteiger partial charge in [0.25, 0.3) is 0 Å². The fraction of sp³-hybridized carbons (Fsp3) is 0.188. The predicted molar refractivity (Wildman–Crippen MR) is 84.2 cm³/mol. The summed E-state index contributed by atoms with van der Waals surface area (Å²) in [6.45, 7) is 0. The fourth-order valence-electron chi connectivity index (χ4n) is 2.33. The summed E-state index contributed by atoms with van der Waals surface area (Å²) in [6.07, 6.45) is 5.16. The van der Waals surface area contributed by atoms with Gasteiger partial charge in [-0.05, 0) is 12.1 Å².